The van der Waals surface area contributed by atoms with Gasteiger partial charge in [0.25, 0.3) is 0 Å². The third-order valence-electron chi connectivity index (χ3n) is 2.32. The average molecular weight is 221 g/mol. The predicted molar refractivity (Wildman–Crippen MR) is 66.3 cm³/mol. The summed E-state index contributed by atoms with van der Waals surface area (Å²) in [4.78, 5) is 6.29. The minimum Gasteiger partial charge on any atom is -0.395 e. The van der Waals surface area contributed by atoms with Crippen LogP contribution in [0.1, 0.15) is 18.7 Å². The Bertz CT molecular complexity index is 322. The van der Waals surface area contributed by atoms with Crippen LogP contribution in [0.25, 0.3) is 0 Å². The smallest absolute Gasteiger partial charge is 0.0606 e. The van der Waals surface area contributed by atoms with Crippen LogP contribution in [0.4, 0.5) is 5.69 Å². The molecule has 1 atom stereocenters. The highest BCUT2D eigenvalue weighted by atomic mass is 16.3. The summed E-state index contributed by atoms with van der Waals surface area (Å²) in [7, 11) is 0. The number of hydrogen-bond acceptors (Lipinski definition) is 4. The molecule has 3 N–H and O–H groups in total. The molecule has 0 amide bonds. The summed E-state index contributed by atoms with van der Waals surface area (Å²) in [5.74, 6) is 0. The van der Waals surface area contributed by atoms with E-state index in [1.807, 2.05) is 24.0 Å². The minimum absolute atomic E-state index is 0.0558. The maximum absolute atomic E-state index is 8.95. The Kier molecular flexibility index (Phi) is 4.95. The van der Waals surface area contributed by atoms with Crippen molar-refractivity contribution in [1.82, 2.24) is 4.98 Å². The molecule has 4 nitrogen and oxygen atoms in total. The zero-order chi connectivity index (χ0) is 12.0. The lowest BCUT2D eigenvalue weighted by atomic mass is 10.2. The lowest BCUT2D eigenvalue weighted by molar-refractivity contribution is 0.303. The van der Waals surface area contributed by atoms with E-state index in [2.05, 4.69) is 11.6 Å². The number of hydrogen-bond donors (Lipinski definition) is 2. The van der Waals surface area contributed by atoms with Crippen LogP contribution in [0, 0.1) is 0 Å². The van der Waals surface area contributed by atoms with E-state index in [1.54, 1.807) is 12.3 Å². The van der Waals surface area contributed by atoms with Gasteiger partial charge in [0.2, 0.25) is 0 Å². The zero-order valence-corrected chi connectivity index (χ0v) is 9.63. The molecular formula is C12H19N3O. The van der Waals surface area contributed by atoms with Crippen LogP contribution in [0.15, 0.2) is 31.0 Å². The lowest BCUT2D eigenvalue weighted by Gasteiger charge is -2.22. The fraction of sp³-hybridized carbons (Fsp3) is 0.417. The van der Waals surface area contributed by atoms with Gasteiger partial charge in [-0.3, -0.25) is 4.98 Å². The first-order valence-corrected chi connectivity index (χ1v) is 5.37. The molecule has 4 heteroatoms. The fourth-order valence-electron chi connectivity index (χ4n) is 1.46. The van der Waals surface area contributed by atoms with Crippen molar-refractivity contribution in [2.75, 3.05) is 24.6 Å². The van der Waals surface area contributed by atoms with Gasteiger partial charge in [0.15, 0.2) is 0 Å². The lowest BCUT2D eigenvalue weighted by Crippen LogP contribution is -2.26. The number of aliphatic hydroxyl groups is 1. The summed E-state index contributed by atoms with van der Waals surface area (Å²) in [6.07, 6.45) is 3.58. The van der Waals surface area contributed by atoms with Crippen molar-refractivity contribution < 1.29 is 5.11 Å². The molecule has 0 spiro atoms. The van der Waals surface area contributed by atoms with E-state index in [0.717, 1.165) is 11.4 Å². The fourth-order valence-corrected chi connectivity index (χ4v) is 1.46. The number of aromatic nitrogens is 1. The van der Waals surface area contributed by atoms with Crippen molar-refractivity contribution in [1.29, 1.82) is 0 Å². The summed E-state index contributed by atoms with van der Waals surface area (Å²) >= 11 is 0. The first-order valence-electron chi connectivity index (χ1n) is 5.37. The summed E-state index contributed by atoms with van der Waals surface area (Å²) in [5.41, 5.74) is 7.56. The molecule has 0 aliphatic heterocycles. The van der Waals surface area contributed by atoms with E-state index < -0.39 is 0 Å². The van der Waals surface area contributed by atoms with Crippen LogP contribution >= 0.6 is 0 Å². The largest absolute Gasteiger partial charge is 0.395 e. The van der Waals surface area contributed by atoms with Gasteiger partial charge in [-0.25, -0.2) is 0 Å². The molecule has 0 saturated heterocycles. The minimum atomic E-state index is -0.0558. The van der Waals surface area contributed by atoms with Gasteiger partial charge in [-0.2, -0.15) is 0 Å². The Morgan fingerprint density at radius 3 is 2.81 bits per heavy atom. The number of aliphatic hydroxyl groups excluding tert-OH is 1. The monoisotopic (exact) mass is 221 g/mol. The Morgan fingerprint density at radius 1 is 1.62 bits per heavy atom. The maximum Gasteiger partial charge on any atom is 0.0606 e. The number of nitrogens with two attached hydrogens (primary N) is 1. The molecule has 0 saturated carbocycles. The summed E-state index contributed by atoms with van der Waals surface area (Å²) in [5, 5.41) is 8.95. The summed E-state index contributed by atoms with van der Waals surface area (Å²) in [6, 6.07) is 3.82. The number of nitrogens with zero attached hydrogens (tertiary/aromatic N) is 2. The second kappa shape index (κ2) is 6.25. The second-order valence-electron chi connectivity index (χ2n) is 3.69. The van der Waals surface area contributed by atoms with Gasteiger partial charge in [-0.1, -0.05) is 6.08 Å². The van der Waals surface area contributed by atoms with Crippen LogP contribution in [0.3, 0.4) is 0 Å². The molecular weight excluding hydrogens is 202 g/mol. The number of pyridine rings is 1. The van der Waals surface area contributed by atoms with E-state index in [9.17, 15) is 0 Å². The van der Waals surface area contributed by atoms with Crippen LogP contribution in [0.5, 0.6) is 0 Å². The molecule has 0 aliphatic rings. The topological polar surface area (TPSA) is 62.4 Å². The number of anilines is 1. The van der Waals surface area contributed by atoms with Crippen LogP contribution in [-0.4, -0.2) is 29.8 Å². The molecule has 1 heterocycles. The van der Waals surface area contributed by atoms with Gasteiger partial charge < -0.3 is 15.7 Å². The quantitative estimate of drug-likeness (QED) is 0.706. The van der Waals surface area contributed by atoms with Crippen LogP contribution in [-0.2, 0) is 0 Å². The van der Waals surface area contributed by atoms with Gasteiger partial charge >= 0.3 is 0 Å². The van der Waals surface area contributed by atoms with Gasteiger partial charge in [0.05, 0.1) is 24.2 Å². The molecule has 0 aromatic carbocycles. The molecule has 0 unspecified atom stereocenters. The van der Waals surface area contributed by atoms with Crippen molar-refractivity contribution >= 4 is 5.69 Å². The summed E-state index contributed by atoms with van der Waals surface area (Å²) in [6.45, 7) is 6.97. The van der Waals surface area contributed by atoms with E-state index in [1.165, 1.54) is 0 Å². The molecule has 1 aromatic rings. The van der Waals surface area contributed by atoms with E-state index in [4.69, 9.17) is 10.8 Å². The zero-order valence-electron chi connectivity index (χ0n) is 9.63. The molecule has 16 heavy (non-hydrogen) atoms. The van der Waals surface area contributed by atoms with Crippen molar-refractivity contribution in [3.05, 3.63) is 36.7 Å². The van der Waals surface area contributed by atoms with Gasteiger partial charge in [0, 0.05) is 19.1 Å². The highest BCUT2D eigenvalue weighted by molar-refractivity contribution is 5.45. The normalized spacial score (nSPS) is 12.2. The standard InChI is InChI=1S/C12H19N3O/c1-3-6-15(7-8-16)11-4-5-12(10(2)13)14-9-11/h3-5,9-10,16H,1,6-8,13H2,2H3/t10-/m0/s1. The molecule has 0 aliphatic carbocycles. The third kappa shape index (κ3) is 3.32. The van der Waals surface area contributed by atoms with E-state index in [-0.39, 0.29) is 12.6 Å². The molecule has 88 valence electrons. The Balaban J connectivity index is 2.80. The van der Waals surface area contributed by atoms with Gasteiger partial charge in [-0.15, -0.1) is 6.58 Å². The van der Waals surface area contributed by atoms with E-state index in [0.29, 0.717) is 13.1 Å². The highest BCUT2D eigenvalue weighted by Gasteiger charge is 2.06. The predicted octanol–water partition coefficient (Wildman–Crippen LogP) is 1.09. The number of rotatable bonds is 6. The Hall–Kier alpha value is -1.39. The van der Waals surface area contributed by atoms with Crippen LogP contribution in [0.2, 0.25) is 0 Å². The van der Waals surface area contributed by atoms with Crippen LogP contribution < -0.4 is 10.6 Å². The van der Waals surface area contributed by atoms with Gasteiger partial charge in [0.1, 0.15) is 0 Å². The van der Waals surface area contributed by atoms with Crippen molar-refractivity contribution in [2.24, 2.45) is 5.73 Å². The Labute approximate surface area is 96.4 Å². The molecule has 1 rings (SSSR count). The van der Waals surface area contributed by atoms with Crippen molar-refractivity contribution in [3.8, 4) is 0 Å². The Morgan fingerprint density at radius 2 is 2.38 bits per heavy atom. The molecule has 1 aromatic heterocycles. The van der Waals surface area contributed by atoms with Gasteiger partial charge in [-0.05, 0) is 19.1 Å². The second-order valence-corrected chi connectivity index (χ2v) is 3.69. The average Bonchev–Trinajstić information content (AvgIpc) is 2.29. The van der Waals surface area contributed by atoms with Crippen molar-refractivity contribution in [2.45, 2.75) is 13.0 Å². The first kappa shape index (κ1) is 12.7. The maximum atomic E-state index is 8.95. The summed E-state index contributed by atoms with van der Waals surface area (Å²) < 4.78 is 0. The molecule has 0 bridgehead atoms. The SMILES string of the molecule is C=CCN(CCO)c1ccc([C@H](C)N)nc1. The molecule has 0 fully saturated rings. The first-order chi connectivity index (χ1) is 7.69. The molecule has 0 radical (unpaired) electrons. The third-order valence-corrected chi connectivity index (χ3v) is 2.32. The van der Waals surface area contributed by atoms with E-state index >= 15 is 0 Å². The van der Waals surface area contributed by atoms with Crippen molar-refractivity contribution in [3.63, 3.8) is 0 Å². The highest BCUT2D eigenvalue weighted by Crippen LogP contribution is 2.15.